The SMILES string of the molecule is O=Cc1nn(Cc2cc(-c3ccc(Cl)s3)on2)c2ccccc12. The average Bonchev–Trinajstić information content (AvgIpc) is 3.27. The van der Waals surface area contributed by atoms with Gasteiger partial charge >= 0.3 is 0 Å². The lowest BCUT2D eigenvalue weighted by Gasteiger charge is -1.99. The van der Waals surface area contributed by atoms with Gasteiger partial charge in [-0.3, -0.25) is 9.48 Å². The molecule has 0 N–H and O–H groups in total. The van der Waals surface area contributed by atoms with Crippen molar-refractivity contribution in [3.63, 3.8) is 0 Å². The number of nitrogens with zero attached hydrogens (tertiary/aromatic N) is 3. The van der Waals surface area contributed by atoms with Crippen LogP contribution in [-0.2, 0) is 6.54 Å². The van der Waals surface area contributed by atoms with Gasteiger partial charge in [0.2, 0.25) is 0 Å². The number of rotatable bonds is 4. The molecule has 3 heterocycles. The van der Waals surface area contributed by atoms with Crippen LogP contribution in [0.25, 0.3) is 21.5 Å². The molecular formula is C16H10ClN3O2S. The lowest BCUT2D eigenvalue weighted by atomic mass is 10.2. The molecule has 0 aliphatic heterocycles. The van der Waals surface area contributed by atoms with Crippen molar-refractivity contribution in [3.05, 3.63) is 58.2 Å². The first-order valence-electron chi connectivity index (χ1n) is 6.86. The van der Waals surface area contributed by atoms with Crippen molar-refractivity contribution in [2.24, 2.45) is 0 Å². The molecule has 4 aromatic rings. The molecule has 4 rings (SSSR count). The largest absolute Gasteiger partial charge is 0.355 e. The van der Waals surface area contributed by atoms with Gasteiger partial charge in [-0.15, -0.1) is 11.3 Å². The third-order valence-corrected chi connectivity index (χ3v) is 4.73. The second kappa shape index (κ2) is 5.64. The van der Waals surface area contributed by atoms with E-state index in [0.29, 0.717) is 22.3 Å². The van der Waals surface area contributed by atoms with Crippen LogP contribution in [0.2, 0.25) is 4.34 Å². The molecule has 0 radical (unpaired) electrons. The number of halogens is 1. The van der Waals surface area contributed by atoms with E-state index in [9.17, 15) is 4.79 Å². The number of carbonyl (C=O) groups is 1. The number of benzene rings is 1. The summed E-state index contributed by atoms with van der Waals surface area (Å²) in [7, 11) is 0. The van der Waals surface area contributed by atoms with Gasteiger partial charge in [-0.1, -0.05) is 35.0 Å². The van der Waals surface area contributed by atoms with E-state index in [4.69, 9.17) is 16.1 Å². The maximum Gasteiger partial charge on any atom is 0.177 e. The second-order valence-electron chi connectivity index (χ2n) is 4.96. The molecule has 0 saturated carbocycles. The molecule has 7 heteroatoms. The van der Waals surface area contributed by atoms with Crippen molar-refractivity contribution in [3.8, 4) is 10.6 Å². The van der Waals surface area contributed by atoms with Gasteiger partial charge in [0.25, 0.3) is 0 Å². The van der Waals surface area contributed by atoms with Crippen LogP contribution < -0.4 is 0 Å². The molecule has 23 heavy (non-hydrogen) atoms. The summed E-state index contributed by atoms with van der Waals surface area (Å²) in [5.41, 5.74) is 2.04. The fourth-order valence-electron chi connectivity index (χ4n) is 2.46. The summed E-state index contributed by atoms with van der Waals surface area (Å²) in [5.74, 6) is 0.670. The summed E-state index contributed by atoms with van der Waals surface area (Å²) >= 11 is 7.37. The van der Waals surface area contributed by atoms with E-state index in [1.54, 1.807) is 4.68 Å². The highest BCUT2D eigenvalue weighted by molar-refractivity contribution is 7.19. The van der Waals surface area contributed by atoms with Crippen molar-refractivity contribution in [2.45, 2.75) is 6.54 Å². The molecule has 114 valence electrons. The van der Waals surface area contributed by atoms with Crippen LogP contribution in [0.1, 0.15) is 16.2 Å². The molecule has 0 fully saturated rings. The van der Waals surface area contributed by atoms with E-state index < -0.39 is 0 Å². The van der Waals surface area contributed by atoms with Gasteiger partial charge < -0.3 is 4.52 Å². The summed E-state index contributed by atoms with van der Waals surface area (Å²) in [5, 5.41) is 9.25. The Kier molecular flexibility index (Phi) is 3.48. The van der Waals surface area contributed by atoms with Gasteiger partial charge in [-0.2, -0.15) is 5.10 Å². The van der Waals surface area contributed by atoms with E-state index in [1.807, 2.05) is 42.5 Å². The van der Waals surface area contributed by atoms with Gasteiger partial charge in [0.05, 0.1) is 21.3 Å². The summed E-state index contributed by atoms with van der Waals surface area (Å²) in [6, 6.07) is 13.2. The predicted molar refractivity (Wildman–Crippen MR) is 89.0 cm³/mol. The second-order valence-corrected chi connectivity index (χ2v) is 6.68. The quantitative estimate of drug-likeness (QED) is 0.519. The molecule has 3 aromatic heterocycles. The first-order valence-corrected chi connectivity index (χ1v) is 8.06. The van der Waals surface area contributed by atoms with Crippen molar-refractivity contribution in [2.75, 3.05) is 0 Å². The van der Waals surface area contributed by atoms with Crippen LogP contribution in [-0.4, -0.2) is 21.2 Å². The van der Waals surface area contributed by atoms with Crippen molar-refractivity contribution < 1.29 is 9.32 Å². The van der Waals surface area contributed by atoms with Crippen molar-refractivity contribution >= 4 is 40.1 Å². The number of aromatic nitrogens is 3. The highest BCUT2D eigenvalue weighted by Gasteiger charge is 2.13. The number of thiophene rings is 1. The fraction of sp³-hybridized carbons (Fsp3) is 0.0625. The van der Waals surface area contributed by atoms with Crippen LogP contribution >= 0.6 is 22.9 Å². The Hall–Kier alpha value is -2.44. The Balaban J connectivity index is 1.69. The maximum absolute atomic E-state index is 11.2. The van der Waals surface area contributed by atoms with E-state index in [-0.39, 0.29) is 0 Å². The Morgan fingerprint density at radius 2 is 2.13 bits per heavy atom. The van der Waals surface area contributed by atoms with E-state index >= 15 is 0 Å². The molecule has 0 bridgehead atoms. The van der Waals surface area contributed by atoms with Gasteiger partial charge in [0.1, 0.15) is 11.4 Å². The molecule has 0 amide bonds. The number of para-hydroxylation sites is 1. The highest BCUT2D eigenvalue weighted by Crippen LogP contribution is 2.31. The molecule has 0 saturated heterocycles. The minimum atomic E-state index is 0.425. The van der Waals surface area contributed by atoms with Gasteiger partial charge in [0.15, 0.2) is 12.0 Å². The lowest BCUT2D eigenvalue weighted by Crippen LogP contribution is -2.02. The Labute approximate surface area is 140 Å². The zero-order valence-corrected chi connectivity index (χ0v) is 13.3. The van der Waals surface area contributed by atoms with Crippen molar-refractivity contribution in [1.82, 2.24) is 14.9 Å². The summed E-state index contributed by atoms with van der Waals surface area (Å²) in [4.78, 5) is 12.1. The van der Waals surface area contributed by atoms with Crippen LogP contribution in [0.3, 0.4) is 0 Å². The third-order valence-electron chi connectivity index (χ3n) is 3.48. The maximum atomic E-state index is 11.2. The van der Waals surface area contributed by atoms with E-state index in [2.05, 4.69) is 10.3 Å². The molecule has 0 aliphatic rings. The molecule has 0 unspecified atom stereocenters. The minimum Gasteiger partial charge on any atom is -0.355 e. The summed E-state index contributed by atoms with van der Waals surface area (Å²) in [6.45, 7) is 0.428. The van der Waals surface area contributed by atoms with Gasteiger partial charge in [-0.25, -0.2) is 0 Å². The molecular weight excluding hydrogens is 334 g/mol. The monoisotopic (exact) mass is 343 g/mol. The zero-order valence-electron chi connectivity index (χ0n) is 11.8. The Morgan fingerprint density at radius 3 is 2.91 bits per heavy atom. The number of hydrogen-bond donors (Lipinski definition) is 0. The third kappa shape index (κ3) is 2.56. The summed E-state index contributed by atoms with van der Waals surface area (Å²) in [6.07, 6.45) is 0.765. The predicted octanol–water partition coefficient (Wildman–Crippen LogP) is 4.27. The molecule has 1 aromatic carbocycles. The van der Waals surface area contributed by atoms with Crippen LogP contribution in [0.15, 0.2) is 47.0 Å². The first-order chi connectivity index (χ1) is 11.2. The zero-order chi connectivity index (χ0) is 15.8. The smallest absolute Gasteiger partial charge is 0.177 e. The van der Waals surface area contributed by atoms with Crippen LogP contribution in [0.5, 0.6) is 0 Å². The van der Waals surface area contributed by atoms with Gasteiger partial charge in [0, 0.05) is 11.5 Å². The number of hydrogen-bond acceptors (Lipinski definition) is 5. The van der Waals surface area contributed by atoms with Crippen molar-refractivity contribution in [1.29, 1.82) is 0 Å². The summed E-state index contributed by atoms with van der Waals surface area (Å²) < 4.78 is 7.83. The Morgan fingerprint density at radius 1 is 1.26 bits per heavy atom. The number of aldehydes is 1. The standard InChI is InChI=1S/C16H10ClN3O2S/c17-16-6-5-15(23-16)14-7-10(19-22-14)8-20-13-4-2-1-3-11(13)12(9-21)18-20/h1-7,9H,8H2. The van der Waals surface area contributed by atoms with E-state index in [0.717, 1.165) is 27.8 Å². The first kappa shape index (κ1) is 14.2. The van der Waals surface area contributed by atoms with Crippen LogP contribution in [0.4, 0.5) is 0 Å². The normalized spacial score (nSPS) is 11.2. The van der Waals surface area contributed by atoms with E-state index in [1.165, 1.54) is 11.3 Å². The average molecular weight is 344 g/mol. The Bertz CT molecular complexity index is 1000. The van der Waals surface area contributed by atoms with Crippen LogP contribution in [0, 0.1) is 0 Å². The van der Waals surface area contributed by atoms with Gasteiger partial charge in [-0.05, 0) is 18.2 Å². The molecule has 0 aliphatic carbocycles. The number of fused-ring (bicyclic) bond motifs is 1. The lowest BCUT2D eigenvalue weighted by molar-refractivity contribution is 0.111. The number of carbonyl (C=O) groups excluding carboxylic acids is 1. The topological polar surface area (TPSA) is 60.9 Å². The highest BCUT2D eigenvalue weighted by atomic mass is 35.5. The molecule has 5 nitrogen and oxygen atoms in total. The molecule has 0 spiro atoms. The minimum absolute atomic E-state index is 0.425. The molecule has 0 atom stereocenters. The fourth-order valence-corrected chi connectivity index (χ4v) is 3.45.